The van der Waals surface area contributed by atoms with Gasteiger partial charge in [-0.25, -0.2) is 4.39 Å². The molecule has 2 saturated heterocycles. The van der Waals surface area contributed by atoms with Crippen molar-refractivity contribution >= 4 is 17.7 Å². The number of imide groups is 1. The van der Waals surface area contributed by atoms with E-state index in [0.29, 0.717) is 25.2 Å². The van der Waals surface area contributed by atoms with Gasteiger partial charge in [-0.15, -0.1) is 0 Å². The molecule has 4 rings (SSSR count). The number of halogens is 1. The number of rotatable bonds is 4. The van der Waals surface area contributed by atoms with E-state index in [9.17, 15) is 18.8 Å². The van der Waals surface area contributed by atoms with Crippen LogP contribution >= 0.6 is 0 Å². The third-order valence-electron chi connectivity index (χ3n) is 5.43. The van der Waals surface area contributed by atoms with Crippen molar-refractivity contribution in [2.24, 2.45) is 0 Å². The lowest BCUT2D eigenvalue weighted by molar-refractivity contribution is -0.139. The molecule has 0 saturated carbocycles. The molecule has 150 valence electrons. The van der Waals surface area contributed by atoms with Gasteiger partial charge in [-0.3, -0.25) is 19.3 Å². The maximum Gasteiger partial charge on any atom is 0.254 e. The van der Waals surface area contributed by atoms with Gasteiger partial charge in [0.1, 0.15) is 5.82 Å². The highest BCUT2D eigenvalue weighted by Crippen LogP contribution is 2.25. The van der Waals surface area contributed by atoms with Crippen LogP contribution < -0.4 is 5.32 Å². The molecule has 1 unspecified atom stereocenters. The predicted octanol–water partition coefficient (Wildman–Crippen LogP) is 2.26. The number of benzene rings is 2. The van der Waals surface area contributed by atoms with Gasteiger partial charge in [-0.05, 0) is 35.4 Å². The standard InChI is InChI=1S/C22H22FN3O3/c23-18-3-1-2-17(12-18)19-13-24-10-11-25(19)22(29)16-6-4-15(5-7-16)14-26-20(27)8-9-21(26)28/h1-7,12,19,24H,8-11,13-14H2. The number of carbonyl (C=O) groups is 3. The Labute approximate surface area is 168 Å². The van der Waals surface area contributed by atoms with Crippen molar-refractivity contribution in [2.45, 2.75) is 25.4 Å². The Kier molecular flexibility index (Phi) is 5.40. The Morgan fingerprint density at radius 2 is 1.79 bits per heavy atom. The third kappa shape index (κ3) is 4.05. The van der Waals surface area contributed by atoms with E-state index in [-0.39, 0.29) is 49.0 Å². The topological polar surface area (TPSA) is 69.7 Å². The summed E-state index contributed by atoms with van der Waals surface area (Å²) in [4.78, 5) is 39.7. The summed E-state index contributed by atoms with van der Waals surface area (Å²) in [5.74, 6) is -0.765. The van der Waals surface area contributed by atoms with Crippen molar-refractivity contribution in [3.8, 4) is 0 Å². The molecule has 1 N–H and O–H groups in total. The van der Waals surface area contributed by atoms with Gasteiger partial charge < -0.3 is 10.2 Å². The van der Waals surface area contributed by atoms with E-state index in [1.165, 1.54) is 17.0 Å². The second-order valence-electron chi connectivity index (χ2n) is 7.34. The molecule has 2 aliphatic heterocycles. The van der Waals surface area contributed by atoms with Gasteiger partial charge in [0.05, 0.1) is 12.6 Å². The van der Waals surface area contributed by atoms with Crippen molar-refractivity contribution in [1.29, 1.82) is 0 Å². The van der Waals surface area contributed by atoms with Gasteiger partial charge in [-0.1, -0.05) is 24.3 Å². The van der Waals surface area contributed by atoms with Crippen molar-refractivity contribution in [2.75, 3.05) is 19.6 Å². The first-order chi connectivity index (χ1) is 14.0. The van der Waals surface area contributed by atoms with Crippen LogP contribution in [0.1, 0.15) is 40.4 Å². The molecule has 2 aromatic rings. The average molecular weight is 395 g/mol. The van der Waals surface area contributed by atoms with E-state index >= 15 is 0 Å². The minimum Gasteiger partial charge on any atom is -0.329 e. The van der Waals surface area contributed by atoms with Crippen molar-refractivity contribution in [1.82, 2.24) is 15.1 Å². The van der Waals surface area contributed by atoms with E-state index in [2.05, 4.69) is 5.32 Å². The molecule has 0 bridgehead atoms. The van der Waals surface area contributed by atoms with E-state index in [1.54, 1.807) is 35.2 Å². The fourth-order valence-electron chi connectivity index (χ4n) is 3.86. The quantitative estimate of drug-likeness (QED) is 0.807. The zero-order valence-electron chi connectivity index (χ0n) is 15.9. The van der Waals surface area contributed by atoms with Crippen LogP contribution in [0, 0.1) is 5.82 Å². The van der Waals surface area contributed by atoms with E-state index in [0.717, 1.165) is 11.1 Å². The van der Waals surface area contributed by atoms with Crippen LogP contribution in [0.15, 0.2) is 48.5 Å². The summed E-state index contributed by atoms with van der Waals surface area (Å²) in [6.45, 7) is 1.99. The summed E-state index contributed by atoms with van der Waals surface area (Å²) in [6, 6.07) is 13.1. The van der Waals surface area contributed by atoms with Crippen LogP contribution in [0.25, 0.3) is 0 Å². The Bertz CT molecular complexity index is 929. The zero-order chi connectivity index (χ0) is 20.4. The second-order valence-corrected chi connectivity index (χ2v) is 7.34. The fourth-order valence-corrected chi connectivity index (χ4v) is 3.86. The molecule has 2 heterocycles. The van der Waals surface area contributed by atoms with Crippen molar-refractivity contribution < 1.29 is 18.8 Å². The van der Waals surface area contributed by atoms with Gasteiger partial charge in [-0.2, -0.15) is 0 Å². The van der Waals surface area contributed by atoms with E-state index in [4.69, 9.17) is 0 Å². The number of piperazine rings is 1. The summed E-state index contributed by atoms with van der Waals surface area (Å²) in [5, 5.41) is 3.26. The Balaban J connectivity index is 1.50. The van der Waals surface area contributed by atoms with Crippen LogP contribution in [-0.4, -0.2) is 47.2 Å². The first-order valence-corrected chi connectivity index (χ1v) is 9.72. The molecule has 2 aliphatic rings. The number of hydrogen-bond acceptors (Lipinski definition) is 4. The monoisotopic (exact) mass is 395 g/mol. The second kappa shape index (κ2) is 8.13. The fraction of sp³-hybridized carbons (Fsp3) is 0.318. The molecular weight excluding hydrogens is 373 g/mol. The smallest absolute Gasteiger partial charge is 0.254 e. The number of likely N-dealkylation sites (tertiary alicyclic amines) is 1. The molecule has 0 spiro atoms. The lowest BCUT2D eigenvalue weighted by atomic mass is 10.0. The first-order valence-electron chi connectivity index (χ1n) is 9.72. The van der Waals surface area contributed by atoms with Crippen molar-refractivity contribution in [3.63, 3.8) is 0 Å². The molecule has 0 aromatic heterocycles. The lowest BCUT2D eigenvalue weighted by Gasteiger charge is -2.36. The Hall–Kier alpha value is -3.06. The molecule has 2 fully saturated rings. The van der Waals surface area contributed by atoms with Gasteiger partial charge >= 0.3 is 0 Å². The SMILES string of the molecule is O=C1CCC(=O)N1Cc1ccc(C(=O)N2CCNCC2c2cccc(F)c2)cc1. The van der Waals surface area contributed by atoms with Crippen LogP contribution in [0.4, 0.5) is 4.39 Å². The molecule has 1 atom stereocenters. The summed E-state index contributed by atoms with van der Waals surface area (Å²) in [7, 11) is 0. The number of amides is 3. The molecule has 29 heavy (non-hydrogen) atoms. The van der Waals surface area contributed by atoms with E-state index < -0.39 is 0 Å². The average Bonchev–Trinajstić information content (AvgIpc) is 3.06. The van der Waals surface area contributed by atoms with Gasteiger partial charge in [0.15, 0.2) is 0 Å². The zero-order valence-corrected chi connectivity index (χ0v) is 15.9. The number of nitrogens with one attached hydrogen (secondary N) is 1. The maximum atomic E-state index is 13.7. The summed E-state index contributed by atoms with van der Waals surface area (Å²) in [5.41, 5.74) is 2.08. The maximum absolute atomic E-state index is 13.7. The van der Waals surface area contributed by atoms with Crippen LogP contribution in [-0.2, 0) is 16.1 Å². The molecule has 6 nitrogen and oxygen atoms in total. The van der Waals surface area contributed by atoms with Crippen LogP contribution in [0.2, 0.25) is 0 Å². The predicted molar refractivity (Wildman–Crippen MR) is 104 cm³/mol. The Morgan fingerprint density at radius 3 is 2.48 bits per heavy atom. The van der Waals surface area contributed by atoms with Gasteiger partial charge in [0, 0.05) is 38.0 Å². The highest BCUT2D eigenvalue weighted by atomic mass is 19.1. The van der Waals surface area contributed by atoms with Gasteiger partial charge in [0.25, 0.3) is 5.91 Å². The van der Waals surface area contributed by atoms with Crippen LogP contribution in [0.3, 0.4) is 0 Å². The summed E-state index contributed by atoms with van der Waals surface area (Å²) < 4.78 is 13.7. The normalized spacial score (nSPS) is 19.7. The number of carbonyl (C=O) groups excluding carboxylic acids is 3. The molecule has 0 radical (unpaired) electrons. The molecular formula is C22H22FN3O3. The number of nitrogens with zero attached hydrogens (tertiary/aromatic N) is 2. The molecule has 7 heteroatoms. The number of hydrogen-bond donors (Lipinski definition) is 1. The van der Waals surface area contributed by atoms with E-state index in [1.807, 2.05) is 6.07 Å². The lowest BCUT2D eigenvalue weighted by Crippen LogP contribution is -2.48. The largest absolute Gasteiger partial charge is 0.329 e. The van der Waals surface area contributed by atoms with Crippen molar-refractivity contribution in [3.05, 3.63) is 71.0 Å². The molecule has 0 aliphatic carbocycles. The molecule has 3 amide bonds. The van der Waals surface area contributed by atoms with Gasteiger partial charge in [0.2, 0.25) is 11.8 Å². The summed E-state index contributed by atoms with van der Waals surface area (Å²) in [6.07, 6.45) is 0.528. The highest BCUT2D eigenvalue weighted by molar-refractivity contribution is 6.01. The molecule has 2 aromatic carbocycles. The third-order valence-corrected chi connectivity index (χ3v) is 5.43. The minimum absolute atomic E-state index is 0.124. The summed E-state index contributed by atoms with van der Waals surface area (Å²) >= 11 is 0. The Morgan fingerprint density at radius 1 is 1.07 bits per heavy atom. The minimum atomic E-state index is -0.323. The van der Waals surface area contributed by atoms with Crippen LogP contribution in [0.5, 0.6) is 0 Å². The first kappa shape index (κ1) is 19.3. The highest BCUT2D eigenvalue weighted by Gasteiger charge is 2.30.